The zero-order valence-corrected chi connectivity index (χ0v) is 18.7. The summed E-state index contributed by atoms with van der Waals surface area (Å²) in [4.78, 5) is 5.66. The zero-order valence-electron chi connectivity index (χ0n) is 17.2. The SMILES string of the molecule is Clc1ccc(Cl)c(C2CNCCN3c4ccccc4CC23)c1.c1ccc2[nH]ccc2c1. The maximum atomic E-state index is 6.48. The highest BCUT2D eigenvalue weighted by atomic mass is 35.5. The summed E-state index contributed by atoms with van der Waals surface area (Å²) < 4.78 is 0. The molecule has 3 heterocycles. The second-order valence-electron chi connectivity index (χ2n) is 8.13. The molecule has 6 rings (SSSR count). The third-order valence-electron chi connectivity index (χ3n) is 6.31. The molecule has 2 atom stereocenters. The normalized spacial score (nSPS) is 19.9. The second-order valence-corrected chi connectivity index (χ2v) is 8.98. The third kappa shape index (κ3) is 4.18. The van der Waals surface area contributed by atoms with Gasteiger partial charge in [0.2, 0.25) is 0 Å². The number of halogens is 2. The lowest BCUT2D eigenvalue weighted by atomic mass is 9.89. The van der Waals surface area contributed by atoms with Crippen LogP contribution in [0.15, 0.2) is 79.0 Å². The molecule has 31 heavy (non-hydrogen) atoms. The van der Waals surface area contributed by atoms with Gasteiger partial charge in [0, 0.05) is 59.0 Å². The molecule has 0 radical (unpaired) electrons. The van der Waals surface area contributed by atoms with Gasteiger partial charge in [-0.1, -0.05) is 59.6 Å². The topological polar surface area (TPSA) is 31.1 Å². The van der Waals surface area contributed by atoms with Crippen LogP contribution in [0.4, 0.5) is 5.69 Å². The van der Waals surface area contributed by atoms with Gasteiger partial charge in [0.05, 0.1) is 0 Å². The molecule has 1 aromatic heterocycles. The average Bonchev–Trinajstić information content (AvgIpc) is 3.36. The summed E-state index contributed by atoms with van der Waals surface area (Å²) in [6.07, 6.45) is 3.02. The number of rotatable bonds is 1. The summed E-state index contributed by atoms with van der Waals surface area (Å²) in [6, 6.07) is 25.3. The van der Waals surface area contributed by atoms with Crippen molar-refractivity contribution in [3.63, 3.8) is 0 Å². The largest absolute Gasteiger partial charge is 0.366 e. The second kappa shape index (κ2) is 8.96. The van der Waals surface area contributed by atoms with E-state index < -0.39 is 0 Å². The monoisotopic (exact) mass is 449 g/mol. The van der Waals surface area contributed by atoms with E-state index in [1.807, 2.05) is 36.5 Å². The first-order valence-electron chi connectivity index (χ1n) is 10.7. The number of fused-ring (bicyclic) bond motifs is 4. The Balaban J connectivity index is 0.000000189. The molecule has 2 aliphatic heterocycles. The van der Waals surface area contributed by atoms with E-state index in [4.69, 9.17) is 23.2 Å². The maximum absolute atomic E-state index is 6.48. The minimum absolute atomic E-state index is 0.348. The molecule has 1 fully saturated rings. The number of aromatic nitrogens is 1. The molecule has 2 unspecified atom stereocenters. The Morgan fingerprint density at radius 2 is 1.74 bits per heavy atom. The highest BCUT2D eigenvalue weighted by molar-refractivity contribution is 6.33. The Morgan fingerprint density at radius 3 is 2.65 bits per heavy atom. The van der Waals surface area contributed by atoms with Crippen LogP contribution in [0, 0.1) is 0 Å². The van der Waals surface area contributed by atoms with E-state index in [-0.39, 0.29) is 0 Å². The molecule has 0 amide bonds. The van der Waals surface area contributed by atoms with E-state index in [0.717, 1.165) is 41.7 Å². The first-order chi connectivity index (χ1) is 15.2. The minimum atomic E-state index is 0.348. The molecule has 0 aliphatic carbocycles. The Kier molecular flexibility index (Phi) is 5.91. The average molecular weight is 450 g/mol. The van der Waals surface area contributed by atoms with Gasteiger partial charge in [-0.25, -0.2) is 0 Å². The van der Waals surface area contributed by atoms with Crippen molar-refractivity contribution in [3.05, 3.63) is 100 Å². The van der Waals surface area contributed by atoms with Crippen LogP contribution in [-0.2, 0) is 6.42 Å². The van der Waals surface area contributed by atoms with Crippen molar-refractivity contribution in [2.45, 2.75) is 18.4 Å². The number of H-pyrrole nitrogens is 1. The van der Waals surface area contributed by atoms with Crippen LogP contribution in [0.25, 0.3) is 10.9 Å². The van der Waals surface area contributed by atoms with Crippen LogP contribution < -0.4 is 10.2 Å². The van der Waals surface area contributed by atoms with E-state index >= 15 is 0 Å². The predicted molar refractivity (Wildman–Crippen MR) is 132 cm³/mol. The van der Waals surface area contributed by atoms with E-state index in [1.54, 1.807) is 0 Å². The number of para-hydroxylation sites is 2. The Labute approximate surface area is 193 Å². The number of nitrogens with one attached hydrogen (secondary N) is 2. The summed E-state index contributed by atoms with van der Waals surface area (Å²) in [5.74, 6) is 0.348. The number of hydrogen-bond acceptors (Lipinski definition) is 2. The minimum Gasteiger partial charge on any atom is -0.366 e. The van der Waals surface area contributed by atoms with E-state index in [0.29, 0.717) is 12.0 Å². The van der Waals surface area contributed by atoms with Gasteiger partial charge in [-0.05, 0) is 59.3 Å². The molecule has 5 heteroatoms. The molecule has 158 valence electrons. The first kappa shape index (κ1) is 20.4. The van der Waals surface area contributed by atoms with Crippen LogP contribution in [0.1, 0.15) is 17.0 Å². The van der Waals surface area contributed by atoms with Gasteiger partial charge in [-0.15, -0.1) is 0 Å². The Bertz CT molecular complexity index is 1160. The summed E-state index contributed by atoms with van der Waals surface area (Å²) in [6.45, 7) is 2.98. The van der Waals surface area contributed by atoms with Gasteiger partial charge in [0.25, 0.3) is 0 Å². The third-order valence-corrected chi connectivity index (χ3v) is 6.89. The standard InChI is InChI=1S/C18H18Cl2N2.C8H7N/c19-13-5-6-16(20)14(10-13)15-11-21-7-8-22-17-4-2-1-3-12(17)9-18(15)22;1-2-4-8-7(3-1)5-6-9-8/h1-6,10,15,18,21H,7-9,11H2;1-6,9H. The van der Waals surface area contributed by atoms with Crippen molar-refractivity contribution < 1.29 is 0 Å². The molecule has 0 spiro atoms. The molecule has 1 saturated heterocycles. The predicted octanol–water partition coefficient (Wildman–Crippen LogP) is 6.28. The van der Waals surface area contributed by atoms with Gasteiger partial charge in [-0.2, -0.15) is 0 Å². The van der Waals surface area contributed by atoms with Crippen molar-refractivity contribution in [3.8, 4) is 0 Å². The van der Waals surface area contributed by atoms with Crippen molar-refractivity contribution in [1.82, 2.24) is 10.3 Å². The smallest absolute Gasteiger partial charge is 0.0453 e. The fourth-order valence-electron chi connectivity index (χ4n) is 4.83. The van der Waals surface area contributed by atoms with Crippen molar-refractivity contribution in [1.29, 1.82) is 0 Å². The Hall–Kier alpha value is -2.46. The molecule has 3 nitrogen and oxygen atoms in total. The fraction of sp³-hybridized carbons (Fsp3) is 0.231. The van der Waals surface area contributed by atoms with Crippen LogP contribution in [-0.4, -0.2) is 30.7 Å². The summed E-state index contributed by atoms with van der Waals surface area (Å²) in [5.41, 5.74) is 5.18. The van der Waals surface area contributed by atoms with Crippen molar-refractivity contribution in [2.24, 2.45) is 0 Å². The van der Waals surface area contributed by atoms with Crippen LogP contribution in [0.3, 0.4) is 0 Å². The maximum Gasteiger partial charge on any atom is 0.0453 e. The molecule has 2 aliphatic rings. The number of aromatic amines is 1. The van der Waals surface area contributed by atoms with Gasteiger partial charge >= 0.3 is 0 Å². The lowest BCUT2D eigenvalue weighted by Crippen LogP contribution is -2.37. The van der Waals surface area contributed by atoms with Gasteiger partial charge in [0.1, 0.15) is 0 Å². The summed E-state index contributed by atoms with van der Waals surface area (Å²) in [7, 11) is 0. The number of nitrogens with zero attached hydrogens (tertiary/aromatic N) is 1. The molecule has 2 N–H and O–H groups in total. The van der Waals surface area contributed by atoms with Gasteiger partial charge in [-0.3, -0.25) is 0 Å². The fourth-order valence-corrected chi connectivity index (χ4v) is 5.27. The van der Waals surface area contributed by atoms with Crippen LogP contribution in [0.2, 0.25) is 10.0 Å². The van der Waals surface area contributed by atoms with Crippen LogP contribution in [0.5, 0.6) is 0 Å². The van der Waals surface area contributed by atoms with Gasteiger partial charge in [0.15, 0.2) is 0 Å². The highest BCUT2D eigenvalue weighted by Crippen LogP contribution is 2.41. The van der Waals surface area contributed by atoms with E-state index in [1.165, 1.54) is 22.2 Å². The molecule has 3 aromatic carbocycles. The molecule has 4 aromatic rings. The zero-order chi connectivity index (χ0) is 21.2. The molecule has 0 saturated carbocycles. The number of benzene rings is 3. The summed E-state index contributed by atoms with van der Waals surface area (Å²) >= 11 is 12.7. The van der Waals surface area contributed by atoms with Crippen molar-refractivity contribution in [2.75, 3.05) is 24.5 Å². The summed E-state index contributed by atoms with van der Waals surface area (Å²) in [5, 5.41) is 6.40. The number of hydrogen-bond donors (Lipinski definition) is 2. The van der Waals surface area contributed by atoms with Crippen molar-refractivity contribution >= 4 is 39.8 Å². The number of anilines is 1. The first-order valence-corrected chi connectivity index (χ1v) is 11.5. The molecular weight excluding hydrogens is 425 g/mol. The van der Waals surface area contributed by atoms with E-state index in [9.17, 15) is 0 Å². The van der Waals surface area contributed by atoms with Gasteiger partial charge < -0.3 is 15.2 Å². The lowest BCUT2D eigenvalue weighted by Gasteiger charge is -2.31. The quantitative estimate of drug-likeness (QED) is 0.358. The molecule has 0 bridgehead atoms. The van der Waals surface area contributed by atoms with E-state index in [2.05, 4.69) is 57.7 Å². The molecular formula is C26H25Cl2N3. The van der Waals surface area contributed by atoms with Crippen LogP contribution >= 0.6 is 23.2 Å². The lowest BCUT2D eigenvalue weighted by molar-refractivity contribution is 0.529. The Morgan fingerprint density at radius 1 is 0.903 bits per heavy atom. The highest BCUT2D eigenvalue weighted by Gasteiger charge is 2.37.